The average molecular weight is 315 g/mol. The van der Waals surface area contributed by atoms with E-state index < -0.39 is 16.1 Å². The molecule has 6 nitrogen and oxygen atoms in total. The predicted octanol–water partition coefficient (Wildman–Crippen LogP) is 0.107. The second-order valence-electron chi connectivity index (χ2n) is 4.87. The fourth-order valence-electron chi connectivity index (χ4n) is 2.29. The number of sulfonamides is 1. The zero-order valence-corrected chi connectivity index (χ0v) is 12.7. The molecule has 1 saturated heterocycles. The highest BCUT2D eigenvalue weighted by molar-refractivity contribution is 7.89. The van der Waals surface area contributed by atoms with E-state index in [1.54, 1.807) is 6.92 Å². The lowest BCUT2D eigenvalue weighted by Crippen LogP contribution is -2.32. The van der Waals surface area contributed by atoms with E-state index >= 15 is 0 Å². The third-order valence-electron chi connectivity index (χ3n) is 3.49. The van der Waals surface area contributed by atoms with E-state index in [0.717, 1.165) is 0 Å². The molecule has 1 aromatic heterocycles. The van der Waals surface area contributed by atoms with Crippen LogP contribution in [-0.2, 0) is 10.0 Å². The molecule has 0 amide bonds. The van der Waals surface area contributed by atoms with Crippen LogP contribution in [0.3, 0.4) is 0 Å². The van der Waals surface area contributed by atoms with Crippen molar-refractivity contribution in [1.29, 1.82) is 0 Å². The molecule has 2 atom stereocenters. The van der Waals surface area contributed by atoms with Gasteiger partial charge in [-0.2, -0.15) is 4.31 Å². The standard InChI is InChI=1S/C12H17N3O3S2/c1-8(16)9-4-6-15(7-9)20(17,18)10-3-2-5-14-11(10)12(13)19/h2-3,5,8-9,16H,4,6-7H2,1H3,(H2,13,19). The summed E-state index contributed by atoms with van der Waals surface area (Å²) in [6.07, 6.45) is 1.56. The minimum absolute atomic E-state index is 0.0266. The van der Waals surface area contributed by atoms with E-state index in [1.165, 1.54) is 22.6 Å². The summed E-state index contributed by atoms with van der Waals surface area (Å²) in [6, 6.07) is 2.99. The van der Waals surface area contributed by atoms with Gasteiger partial charge in [0.05, 0.1) is 6.10 Å². The van der Waals surface area contributed by atoms with Gasteiger partial charge in [0.25, 0.3) is 0 Å². The minimum atomic E-state index is -3.69. The highest BCUT2D eigenvalue weighted by Gasteiger charge is 2.35. The second kappa shape index (κ2) is 5.72. The first kappa shape index (κ1) is 15.3. The van der Waals surface area contributed by atoms with Crippen LogP contribution in [0.5, 0.6) is 0 Å². The van der Waals surface area contributed by atoms with Gasteiger partial charge < -0.3 is 10.8 Å². The molecule has 3 N–H and O–H groups in total. The Bertz CT molecular complexity index is 616. The molecule has 0 saturated carbocycles. The van der Waals surface area contributed by atoms with Gasteiger partial charge in [-0.15, -0.1) is 0 Å². The van der Waals surface area contributed by atoms with Gasteiger partial charge in [-0.1, -0.05) is 12.2 Å². The summed E-state index contributed by atoms with van der Waals surface area (Å²) in [5, 5.41) is 9.57. The summed E-state index contributed by atoms with van der Waals surface area (Å²) in [4.78, 5) is 3.93. The molecule has 1 aromatic rings. The zero-order chi connectivity index (χ0) is 14.9. The monoisotopic (exact) mass is 315 g/mol. The number of hydrogen-bond donors (Lipinski definition) is 2. The molecule has 2 heterocycles. The van der Waals surface area contributed by atoms with Crippen molar-refractivity contribution in [2.24, 2.45) is 11.7 Å². The molecule has 1 aliphatic heterocycles. The van der Waals surface area contributed by atoms with Crippen molar-refractivity contribution in [3.8, 4) is 0 Å². The van der Waals surface area contributed by atoms with Gasteiger partial charge in [0.2, 0.25) is 10.0 Å². The Kier molecular flexibility index (Phi) is 4.38. The minimum Gasteiger partial charge on any atom is -0.393 e. The van der Waals surface area contributed by atoms with Crippen LogP contribution in [0.15, 0.2) is 23.2 Å². The first-order chi connectivity index (χ1) is 9.34. The van der Waals surface area contributed by atoms with Gasteiger partial charge in [-0.25, -0.2) is 8.42 Å². The highest BCUT2D eigenvalue weighted by Crippen LogP contribution is 2.27. The summed E-state index contributed by atoms with van der Waals surface area (Å²) in [5.41, 5.74) is 5.65. The first-order valence-electron chi connectivity index (χ1n) is 6.27. The molecule has 0 spiro atoms. The summed E-state index contributed by atoms with van der Waals surface area (Å²) >= 11 is 4.85. The Morgan fingerprint density at radius 1 is 1.65 bits per heavy atom. The maximum absolute atomic E-state index is 12.6. The molecule has 2 unspecified atom stereocenters. The van der Waals surface area contributed by atoms with E-state index in [1.807, 2.05) is 0 Å². The van der Waals surface area contributed by atoms with Crippen molar-refractivity contribution >= 4 is 27.2 Å². The maximum atomic E-state index is 12.6. The van der Waals surface area contributed by atoms with Crippen LogP contribution in [0.4, 0.5) is 0 Å². The predicted molar refractivity (Wildman–Crippen MR) is 78.7 cm³/mol. The molecule has 110 valence electrons. The molecule has 0 aromatic carbocycles. The maximum Gasteiger partial charge on any atom is 0.245 e. The Morgan fingerprint density at radius 2 is 2.35 bits per heavy atom. The lowest BCUT2D eigenvalue weighted by Gasteiger charge is -2.18. The fraction of sp³-hybridized carbons (Fsp3) is 0.500. The number of nitrogens with two attached hydrogens (primary N) is 1. The van der Waals surface area contributed by atoms with Gasteiger partial charge in [-0.3, -0.25) is 4.98 Å². The van der Waals surface area contributed by atoms with Gasteiger partial charge in [0, 0.05) is 19.3 Å². The largest absolute Gasteiger partial charge is 0.393 e. The number of rotatable bonds is 4. The van der Waals surface area contributed by atoms with E-state index in [4.69, 9.17) is 18.0 Å². The normalized spacial score (nSPS) is 21.8. The lowest BCUT2D eigenvalue weighted by molar-refractivity contribution is 0.133. The Morgan fingerprint density at radius 3 is 2.90 bits per heavy atom. The zero-order valence-electron chi connectivity index (χ0n) is 11.1. The van der Waals surface area contributed by atoms with E-state index in [-0.39, 0.29) is 21.5 Å². The molecule has 0 aliphatic carbocycles. The number of pyridine rings is 1. The van der Waals surface area contributed by atoms with Crippen molar-refractivity contribution in [3.05, 3.63) is 24.0 Å². The van der Waals surface area contributed by atoms with Crippen molar-refractivity contribution in [3.63, 3.8) is 0 Å². The topological polar surface area (TPSA) is 96.5 Å². The Hall–Kier alpha value is -1.09. The SMILES string of the molecule is CC(O)C1CCN(S(=O)(=O)c2cccnc2C(N)=S)C1. The number of thiocarbonyl (C=S) groups is 1. The van der Waals surface area contributed by atoms with Crippen LogP contribution < -0.4 is 5.73 Å². The summed E-state index contributed by atoms with van der Waals surface area (Å²) in [5.74, 6) is -0.0466. The molecule has 2 rings (SSSR count). The van der Waals surface area contributed by atoms with Crippen molar-refractivity contribution in [2.45, 2.75) is 24.3 Å². The van der Waals surface area contributed by atoms with E-state index in [0.29, 0.717) is 19.5 Å². The third-order valence-corrected chi connectivity index (χ3v) is 5.58. The van der Waals surface area contributed by atoms with Crippen LogP contribution in [-0.4, -0.2) is 47.0 Å². The van der Waals surface area contributed by atoms with Crippen LogP contribution in [0, 0.1) is 5.92 Å². The smallest absolute Gasteiger partial charge is 0.245 e. The summed E-state index contributed by atoms with van der Waals surface area (Å²) in [6.45, 7) is 2.35. The lowest BCUT2D eigenvalue weighted by atomic mass is 10.0. The molecule has 8 heteroatoms. The quantitative estimate of drug-likeness (QED) is 0.765. The summed E-state index contributed by atoms with van der Waals surface area (Å²) < 4.78 is 26.6. The highest BCUT2D eigenvalue weighted by atomic mass is 32.2. The molecule has 0 bridgehead atoms. The molecular formula is C12H17N3O3S2. The van der Waals surface area contributed by atoms with Crippen LogP contribution in [0.25, 0.3) is 0 Å². The van der Waals surface area contributed by atoms with E-state index in [9.17, 15) is 13.5 Å². The first-order valence-corrected chi connectivity index (χ1v) is 8.12. The Balaban J connectivity index is 2.35. The average Bonchev–Trinajstić information content (AvgIpc) is 2.89. The molecule has 1 fully saturated rings. The third kappa shape index (κ3) is 2.83. The van der Waals surface area contributed by atoms with Crippen molar-refractivity contribution in [1.82, 2.24) is 9.29 Å². The van der Waals surface area contributed by atoms with Gasteiger partial charge in [0.1, 0.15) is 15.6 Å². The number of aromatic nitrogens is 1. The second-order valence-corrected chi connectivity index (χ2v) is 7.21. The molecule has 0 radical (unpaired) electrons. The number of aliphatic hydroxyl groups excluding tert-OH is 1. The molecule has 1 aliphatic rings. The van der Waals surface area contributed by atoms with E-state index in [2.05, 4.69) is 4.98 Å². The number of hydrogen-bond acceptors (Lipinski definition) is 5. The van der Waals surface area contributed by atoms with Gasteiger partial charge >= 0.3 is 0 Å². The molecular weight excluding hydrogens is 298 g/mol. The molecule has 20 heavy (non-hydrogen) atoms. The number of aliphatic hydroxyl groups is 1. The van der Waals surface area contributed by atoms with Gasteiger partial charge in [-0.05, 0) is 31.4 Å². The van der Waals surface area contributed by atoms with Crippen molar-refractivity contribution in [2.75, 3.05) is 13.1 Å². The Labute approximate surface area is 123 Å². The summed E-state index contributed by atoms with van der Waals surface area (Å²) in [7, 11) is -3.69. The number of nitrogens with zero attached hydrogens (tertiary/aromatic N) is 2. The van der Waals surface area contributed by atoms with Gasteiger partial charge in [0.15, 0.2) is 0 Å². The van der Waals surface area contributed by atoms with Crippen LogP contribution >= 0.6 is 12.2 Å². The van der Waals surface area contributed by atoms with Crippen LogP contribution in [0.1, 0.15) is 19.0 Å². The van der Waals surface area contributed by atoms with Crippen LogP contribution in [0.2, 0.25) is 0 Å². The fourth-order valence-corrected chi connectivity index (χ4v) is 4.19. The van der Waals surface area contributed by atoms with Crippen molar-refractivity contribution < 1.29 is 13.5 Å².